The van der Waals surface area contributed by atoms with Gasteiger partial charge in [-0.1, -0.05) is 31.4 Å². The van der Waals surface area contributed by atoms with Crippen LogP contribution in [0.1, 0.15) is 41.3 Å². The van der Waals surface area contributed by atoms with Crippen molar-refractivity contribution < 1.29 is 4.79 Å². The van der Waals surface area contributed by atoms with Gasteiger partial charge in [0.25, 0.3) is 0 Å². The summed E-state index contributed by atoms with van der Waals surface area (Å²) in [6.07, 6.45) is 7.06. The van der Waals surface area contributed by atoms with Crippen molar-refractivity contribution in [1.29, 1.82) is 0 Å². The normalized spacial score (nSPS) is 10.7. The molecule has 1 heterocycles. The minimum Gasteiger partial charge on any atom is -0.366 e. The number of carbonyl (C=O) groups excluding carboxylic acids is 1. The van der Waals surface area contributed by atoms with Crippen molar-refractivity contribution in [2.75, 3.05) is 5.32 Å². The van der Waals surface area contributed by atoms with Crippen molar-refractivity contribution in [2.24, 2.45) is 5.73 Å². The van der Waals surface area contributed by atoms with E-state index in [1.165, 1.54) is 0 Å². The molecule has 1 aromatic heterocycles. The first-order valence-electron chi connectivity index (χ1n) is 8.03. The maximum atomic E-state index is 11.6. The Morgan fingerprint density at radius 1 is 1.31 bits per heavy atom. The molecule has 130 valence electrons. The van der Waals surface area contributed by atoms with Crippen molar-refractivity contribution in [3.8, 4) is 12.3 Å². The van der Waals surface area contributed by atoms with E-state index in [2.05, 4.69) is 21.2 Å². The van der Waals surface area contributed by atoms with Gasteiger partial charge in [0.05, 0.1) is 10.5 Å². The summed E-state index contributed by atoms with van der Waals surface area (Å²) in [4.78, 5) is 20.4. The highest BCUT2D eigenvalue weighted by Gasteiger charge is 2.13. The molecule has 0 aliphatic rings. The summed E-state index contributed by atoms with van der Waals surface area (Å²) in [7, 11) is 0. The Labute approximate surface area is 156 Å². The molecular weight excluding hydrogens is 348 g/mol. The third-order valence-corrected chi connectivity index (χ3v) is 4.46. The molecule has 0 radical (unpaired) electrons. The highest BCUT2D eigenvalue weighted by molar-refractivity contribution is 6.36. The number of nitrogens with two attached hydrogens (primary N) is 1. The second-order valence-corrected chi connectivity index (χ2v) is 6.52. The Bertz CT molecular complexity index is 1050. The number of anilines is 2. The molecule has 0 saturated heterocycles. The molecular formula is C20H17ClN4O. The highest BCUT2D eigenvalue weighted by atomic mass is 35.5. The van der Waals surface area contributed by atoms with E-state index < -0.39 is 5.91 Å². The number of terminal acetylenes is 1. The van der Waals surface area contributed by atoms with E-state index in [9.17, 15) is 4.79 Å². The standard InChI is InChI=1S/C20H17ClN4O/c1-4-12-5-8-17-16(18(12)21)10-23-20(25-17)24-13-6-7-14(19(22)26)15(9-13)11(2)3/h1,5-11H,2-3H3,(H2,22,26)(H,23,24,25). The number of hydrogen-bond donors (Lipinski definition) is 2. The van der Waals surface area contributed by atoms with Crippen molar-refractivity contribution in [1.82, 2.24) is 9.97 Å². The lowest BCUT2D eigenvalue weighted by atomic mass is 9.96. The topological polar surface area (TPSA) is 80.9 Å². The number of rotatable bonds is 4. The molecule has 3 N–H and O–H groups in total. The van der Waals surface area contributed by atoms with Crippen molar-refractivity contribution in [3.63, 3.8) is 0 Å². The maximum Gasteiger partial charge on any atom is 0.248 e. The zero-order chi connectivity index (χ0) is 18.8. The number of nitrogens with zero attached hydrogens (tertiary/aromatic N) is 2. The second-order valence-electron chi connectivity index (χ2n) is 6.14. The van der Waals surface area contributed by atoms with Crippen LogP contribution in [0.3, 0.4) is 0 Å². The molecule has 0 atom stereocenters. The average molecular weight is 365 g/mol. The lowest BCUT2D eigenvalue weighted by Gasteiger charge is -2.13. The smallest absolute Gasteiger partial charge is 0.248 e. The van der Waals surface area contributed by atoms with Gasteiger partial charge < -0.3 is 11.1 Å². The fourth-order valence-corrected chi connectivity index (χ4v) is 2.98. The van der Waals surface area contributed by atoms with Crippen LogP contribution in [0.2, 0.25) is 5.02 Å². The minimum absolute atomic E-state index is 0.151. The Morgan fingerprint density at radius 3 is 2.73 bits per heavy atom. The number of benzene rings is 2. The van der Waals surface area contributed by atoms with Crippen LogP contribution < -0.4 is 11.1 Å². The summed E-state index contributed by atoms with van der Waals surface area (Å²) in [6, 6.07) is 8.91. The Hall–Kier alpha value is -3.10. The molecule has 3 aromatic rings. The molecule has 0 saturated carbocycles. The van der Waals surface area contributed by atoms with Gasteiger partial charge in [0.15, 0.2) is 0 Å². The van der Waals surface area contributed by atoms with Crippen molar-refractivity contribution >= 4 is 40.0 Å². The molecule has 0 unspecified atom stereocenters. The number of aromatic nitrogens is 2. The fourth-order valence-electron chi connectivity index (χ4n) is 2.72. The summed E-state index contributed by atoms with van der Waals surface area (Å²) in [6.45, 7) is 4.01. The van der Waals surface area contributed by atoms with Gasteiger partial charge >= 0.3 is 0 Å². The number of carbonyl (C=O) groups is 1. The first kappa shape index (κ1) is 17.7. The van der Waals surface area contributed by atoms with Crippen LogP contribution in [0.5, 0.6) is 0 Å². The van der Waals surface area contributed by atoms with Gasteiger partial charge in [-0.25, -0.2) is 9.97 Å². The molecule has 5 nitrogen and oxygen atoms in total. The van der Waals surface area contributed by atoms with Crippen LogP contribution >= 0.6 is 11.6 Å². The van der Waals surface area contributed by atoms with E-state index in [1.54, 1.807) is 30.5 Å². The summed E-state index contributed by atoms with van der Waals surface area (Å²) in [5.74, 6) is 2.66. The minimum atomic E-state index is -0.443. The Balaban J connectivity index is 1.98. The van der Waals surface area contributed by atoms with Gasteiger partial charge in [-0.05, 0) is 41.8 Å². The number of amides is 1. The zero-order valence-electron chi connectivity index (χ0n) is 14.4. The van der Waals surface area contributed by atoms with Gasteiger partial charge in [0.2, 0.25) is 11.9 Å². The molecule has 0 fully saturated rings. The van der Waals surface area contributed by atoms with Crippen LogP contribution in [0.4, 0.5) is 11.6 Å². The van der Waals surface area contributed by atoms with E-state index in [0.29, 0.717) is 33.0 Å². The Morgan fingerprint density at radius 2 is 2.08 bits per heavy atom. The van der Waals surface area contributed by atoms with Crippen LogP contribution in [0.25, 0.3) is 10.9 Å². The first-order valence-corrected chi connectivity index (χ1v) is 8.41. The largest absolute Gasteiger partial charge is 0.366 e. The van der Waals surface area contributed by atoms with Crippen LogP contribution in [0.15, 0.2) is 36.5 Å². The molecule has 6 heteroatoms. The Kier molecular flexibility index (Phi) is 4.79. The zero-order valence-corrected chi connectivity index (χ0v) is 15.1. The van der Waals surface area contributed by atoms with Crippen LogP contribution in [-0.4, -0.2) is 15.9 Å². The van der Waals surface area contributed by atoms with E-state index in [4.69, 9.17) is 23.8 Å². The fraction of sp³-hybridized carbons (Fsp3) is 0.150. The van der Waals surface area contributed by atoms with E-state index >= 15 is 0 Å². The van der Waals surface area contributed by atoms with Crippen LogP contribution in [-0.2, 0) is 0 Å². The van der Waals surface area contributed by atoms with E-state index in [0.717, 1.165) is 11.3 Å². The molecule has 0 aliphatic heterocycles. The lowest BCUT2D eigenvalue weighted by molar-refractivity contribution is 0.0999. The van der Waals surface area contributed by atoms with E-state index in [1.807, 2.05) is 19.9 Å². The van der Waals surface area contributed by atoms with Gasteiger partial charge in [-0.15, -0.1) is 6.42 Å². The van der Waals surface area contributed by atoms with E-state index in [-0.39, 0.29) is 5.92 Å². The van der Waals surface area contributed by atoms with Gasteiger partial charge in [0.1, 0.15) is 0 Å². The molecule has 1 amide bonds. The number of primary amides is 1. The lowest BCUT2D eigenvalue weighted by Crippen LogP contribution is -2.14. The molecule has 0 aliphatic carbocycles. The predicted molar refractivity (Wildman–Crippen MR) is 105 cm³/mol. The number of nitrogens with one attached hydrogen (secondary N) is 1. The summed E-state index contributed by atoms with van der Waals surface area (Å²) in [5.41, 5.74) is 8.88. The number of hydrogen-bond acceptors (Lipinski definition) is 4. The van der Waals surface area contributed by atoms with Crippen LogP contribution in [0, 0.1) is 12.3 Å². The summed E-state index contributed by atoms with van der Waals surface area (Å²) in [5, 5.41) is 4.30. The second kappa shape index (κ2) is 7.03. The molecule has 3 rings (SSSR count). The average Bonchev–Trinajstić information content (AvgIpc) is 2.61. The van der Waals surface area contributed by atoms with Crippen molar-refractivity contribution in [3.05, 3.63) is 58.2 Å². The maximum absolute atomic E-state index is 11.6. The molecule has 0 bridgehead atoms. The molecule has 26 heavy (non-hydrogen) atoms. The quantitative estimate of drug-likeness (QED) is 0.679. The molecule has 2 aromatic carbocycles. The van der Waals surface area contributed by atoms with Crippen molar-refractivity contribution in [2.45, 2.75) is 19.8 Å². The molecule has 0 spiro atoms. The van der Waals surface area contributed by atoms with Gasteiger partial charge in [-0.2, -0.15) is 0 Å². The van der Waals surface area contributed by atoms with Gasteiger partial charge in [0, 0.05) is 28.4 Å². The monoisotopic (exact) mass is 364 g/mol. The highest BCUT2D eigenvalue weighted by Crippen LogP contribution is 2.28. The number of fused-ring (bicyclic) bond motifs is 1. The third kappa shape index (κ3) is 3.32. The summed E-state index contributed by atoms with van der Waals surface area (Å²) >= 11 is 6.27. The summed E-state index contributed by atoms with van der Waals surface area (Å²) < 4.78 is 0. The third-order valence-electron chi connectivity index (χ3n) is 4.05. The predicted octanol–water partition coefficient (Wildman–Crippen LogP) is 4.23. The number of halogens is 1. The SMILES string of the molecule is C#Cc1ccc2nc(Nc3ccc(C(N)=O)c(C(C)C)c3)ncc2c1Cl. The van der Waals surface area contributed by atoms with Gasteiger partial charge in [-0.3, -0.25) is 4.79 Å². The first-order chi connectivity index (χ1) is 12.4.